The minimum Gasteiger partial charge on any atom is -0.166 e. The van der Waals surface area contributed by atoms with Crippen molar-refractivity contribution in [1.82, 2.24) is 0 Å². The van der Waals surface area contributed by atoms with Gasteiger partial charge < -0.3 is 0 Å². The van der Waals surface area contributed by atoms with Crippen LogP contribution in [0.2, 0.25) is 0 Å². The van der Waals surface area contributed by atoms with E-state index in [9.17, 15) is 26.3 Å². The van der Waals surface area contributed by atoms with E-state index in [1.807, 2.05) is 11.5 Å². The molecule has 0 aromatic heterocycles. The minimum absolute atomic E-state index is 0.355. The zero-order valence-electron chi connectivity index (χ0n) is 13.5. The third-order valence-electron chi connectivity index (χ3n) is 4.97. The standard InChI is InChI=1S/C18H22F6/c19-17(20,21)15(13-7-3-1-4-8-13)11-12-16(18(22,23)24)14-9-5-2-6-10-14/h13-14H,1-10H2. The summed E-state index contributed by atoms with van der Waals surface area (Å²) in [5, 5.41) is 0. The van der Waals surface area contributed by atoms with Crippen molar-refractivity contribution in [3.63, 3.8) is 0 Å². The third-order valence-corrected chi connectivity index (χ3v) is 4.97. The van der Waals surface area contributed by atoms with E-state index in [4.69, 9.17) is 0 Å². The van der Waals surface area contributed by atoms with Crippen LogP contribution in [0.1, 0.15) is 64.2 Å². The van der Waals surface area contributed by atoms with Gasteiger partial charge in [0, 0.05) is 0 Å². The van der Waals surface area contributed by atoms with Crippen molar-refractivity contribution in [2.45, 2.75) is 76.6 Å². The molecule has 2 aliphatic rings. The predicted molar refractivity (Wildman–Crippen MR) is 79.3 cm³/mol. The van der Waals surface area contributed by atoms with Gasteiger partial charge in [0.2, 0.25) is 0 Å². The Labute approximate surface area is 138 Å². The zero-order valence-corrected chi connectivity index (χ0v) is 13.5. The highest BCUT2D eigenvalue weighted by atomic mass is 19.4. The maximum absolute atomic E-state index is 13.3. The van der Waals surface area contributed by atoms with Crippen LogP contribution >= 0.6 is 0 Å². The van der Waals surface area contributed by atoms with Crippen LogP contribution in [0.3, 0.4) is 0 Å². The van der Waals surface area contributed by atoms with Gasteiger partial charge in [0.15, 0.2) is 0 Å². The van der Waals surface area contributed by atoms with Gasteiger partial charge in [-0.15, -0.1) is 0 Å². The zero-order chi connectivity index (χ0) is 17.8. The Morgan fingerprint density at radius 2 is 0.833 bits per heavy atom. The van der Waals surface area contributed by atoms with Gasteiger partial charge >= 0.3 is 12.4 Å². The van der Waals surface area contributed by atoms with Gasteiger partial charge in [-0.05, 0) is 37.5 Å². The Kier molecular flexibility index (Phi) is 6.28. The summed E-state index contributed by atoms with van der Waals surface area (Å²) >= 11 is 0. The van der Waals surface area contributed by atoms with E-state index in [2.05, 4.69) is 0 Å². The summed E-state index contributed by atoms with van der Waals surface area (Å²) < 4.78 is 79.6. The second-order valence-electron chi connectivity index (χ2n) is 6.74. The topological polar surface area (TPSA) is 0 Å². The van der Waals surface area contributed by atoms with Crippen molar-refractivity contribution < 1.29 is 26.3 Å². The van der Waals surface area contributed by atoms with Crippen LogP contribution in [0.25, 0.3) is 0 Å². The van der Waals surface area contributed by atoms with E-state index < -0.39 is 35.3 Å². The SMILES string of the molecule is FC(F)(F)C(=C=C=C(C1CCCCC1)C(F)(F)F)C1CCCCC1. The average molecular weight is 352 g/mol. The van der Waals surface area contributed by atoms with Crippen molar-refractivity contribution in [3.8, 4) is 0 Å². The molecule has 6 heteroatoms. The van der Waals surface area contributed by atoms with Crippen LogP contribution in [0.5, 0.6) is 0 Å². The van der Waals surface area contributed by atoms with Crippen LogP contribution in [0.4, 0.5) is 26.3 Å². The summed E-state index contributed by atoms with van der Waals surface area (Å²) in [6.45, 7) is 0. The molecule has 0 atom stereocenters. The van der Waals surface area contributed by atoms with Crippen molar-refractivity contribution in [3.05, 3.63) is 22.6 Å². The van der Waals surface area contributed by atoms with Crippen molar-refractivity contribution in [2.75, 3.05) is 0 Å². The van der Waals surface area contributed by atoms with Gasteiger partial charge in [-0.2, -0.15) is 26.3 Å². The first-order valence-electron chi connectivity index (χ1n) is 8.59. The van der Waals surface area contributed by atoms with Crippen LogP contribution in [0.15, 0.2) is 22.6 Å². The van der Waals surface area contributed by atoms with Gasteiger partial charge in [-0.1, -0.05) is 50.0 Å². The normalized spacial score (nSPS) is 21.1. The van der Waals surface area contributed by atoms with Gasteiger partial charge in [0.1, 0.15) is 0 Å². The van der Waals surface area contributed by atoms with Gasteiger partial charge in [-0.3, -0.25) is 0 Å². The fraction of sp³-hybridized carbons (Fsp3) is 0.778. The smallest absolute Gasteiger partial charge is 0.166 e. The highest BCUT2D eigenvalue weighted by Crippen LogP contribution is 2.40. The molecule has 0 heterocycles. The Morgan fingerprint density at radius 3 is 1.08 bits per heavy atom. The van der Waals surface area contributed by atoms with E-state index in [1.165, 1.54) is 0 Å². The van der Waals surface area contributed by atoms with E-state index in [0.717, 1.165) is 12.8 Å². The Balaban J connectivity index is 2.48. The van der Waals surface area contributed by atoms with Crippen molar-refractivity contribution in [1.29, 1.82) is 0 Å². The predicted octanol–water partition coefficient (Wildman–Crippen LogP) is 6.88. The van der Waals surface area contributed by atoms with Crippen LogP contribution < -0.4 is 0 Å². The summed E-state index contributed by atoms with van der Waals surface area (Å²) in [7, 11) is 0. The van der Waals surface area contributed by atoms with Crippen LogP contribution in [-0.4, -0.2) is 12.4 Å². The number of hydrogen-bond donors (Lipinski definition) is 0. The van der Waals surface area contributed by atoms with Gasteiger partial charge in [-0.25, -0.2) is 0 Å². The summed E-state index contributed by atoms with van der Waals surface area (Å²) in [6.07, 6.45) is -3.46. The largest absolute Gasteiger partial charge is 0.420 e. The molecule has 136 valence electrons. The Hall–Kier alpha value is -1.12. The van der Waals surface area contributed by atoms with E-state index in [0.29, 0.717) is 51.4 Å². The molecular weight excluding hydrogens is 330 g/mol. The molecule has 24 heavy (non-hydrogen) atoms. The van der Waals surface area contributed by atoms with E-state index in [-0.39, 0.29) is 0 Å². The number of alkyl halides is 6. The van der Waals surface area contributed by atoms with E-state index in [1.54, 1.807) is 0 Å². The molecule has 2 saturated carbocycles. The molecule has 2 rings (SSSR count). The fourth-order valence-corrected chi connectivity index (χ4v) is 3.73. The molecule has 0 spiro atoms. The molecule has 0 amide bonds. The quantitative estimate of drug-likeness (QED) is 0.375. The summed E-state index contributed by atoms with van der Waals surface area (Å²) in [6, 6.07) is 0. The molecule has 0 aromatic rings. The number of hydrogen-bond acceptors (Lipinski definition) is 0. The molecule has 0 radical (unpaired) electrons. The highest BCUT2D eigenvalue weighted by molar-refractivity contribution is 5.19. The average Bonchev–Trinajstić information content (AvgIpc) is 2.51. The second-order valence-corrected chi connectivity index (χ2v) is 6.74. The minimum atomic E-state index is -4.65. The first-order valence-corrected chi connectivity index (χ1v) is 8.59. The van der Waals surface area contributed by atoms with Crippen LogP contribution in [0, 0.1) is 11.8 Å². The number of allylic oxidation sites excluding steroid dienone is 2. The molecule has 0 bridgehead atoms. The molecule has 0 aliphatic heterocycles. The lowest BCUT2D eigenvalue weighted by Gasteiger charge is -2.25. The van der Waals surface area contributed by atoms with Crippen molar-refractivity contribution >= 4 is 0 Å². The monoisotopic (exact) mass is 352 g/mol. The lowest BCUT2D eigenvalue weighted by atomic mass is 9.82. The first kappa shape index (κ1) is 19.2. The fourth-order valence-electron chi connectivity index (χ4n) is 3.73. The summed E-state index contributed by atoms with van der Waals surface area (Å²) in [5.74, 6) is -1.51. The molecule has 0 nitrogen and oxygen atoms in total. The number of halogens is 6. The van der Waals surface area contributed by atoms with Crippen molar-refractivity contribution in [2.24, 2.45) is 11.8 Å². The molecule has 0 saturated heterocycles. The lowest BCUT2D eigenvalue weighted by Crippen LogP contribution is -2.22. The molecule has 2 fully saturated rings. The number of rotatable bonds is 2. The Bertz CT molecular complexity index is 467. The van der Waals surface area contributed by atoms with Crippen LogP contribution in [-0.2, 0) is 0 Å². The second kappa shape index (κ2) is 7.84. The first-order chi connectivity index (χ1) is 11.2. The Morgan fingerprint density at radius 1 is 0.542 bits per heavy atom. The molecule has 0 N–H and O–H groups in total. The van der Waals surface area contributed by atoms with Gasteiger partial charge in [0.25, 0.3) is 0 Å². The maximum atomic E-state index is 13.3. The summed E-state index contributed by atoms with van der Waals surface area (Å²) in [5.41, 5.74) is 1.89. The van der Waals surface area contributed by atoms with Gasteiger partial charge in [0.05, 0.1) is 11.1 Å². The molecule has 2 aliphatic carbocycles. The molecule has 0 aromatic carbocycles. The van der Waals surface area contributed by atoms with E-state index >= 15 is 0 Å². The molecule has 0 unspecified atom stereocenters. The maximum Gasteiger partial charge on any atom is 0.420 e. The third kappa shape index (κ3) is 5.19. The highest BCUT2D eigenvalue weighted by Gasteiger charge is 2.41. The molecular formula is C18H22F6. The lowest BCUT2D eigenvalue weighted by molar-refractivity contribution is -0.102. The summed E-state index contributed by atoms with van der Waals surface area (Å²) in [4.78, 5) is 0.